The number of rotatable bonds is 6. The molecule has 2 rings (SSSR count). The molecule has 5 heteroatoms. The summed E-state index contributed by atoms with van der Waals surface area (Å²) < 4.78 is 18.1. The maximum atomic E-state index is 13.0. The van der Waals surface area contributed by atoms with Crippen LogP contribution in [0.5, 0.6) is 0 Å². The molecule has 4 nitrogen and oxygen atoms in total. The monoisotopic (exact) mass is 240 g/mol. The minimum absolute atomic E-state index is 0.198. The summed E-state index contributed by atoms with van der Waals surface area (Å²) in [4.78, 5) is 6.19. The third-order valence-electron chi connectivity index (χ3n) is 2.88. The van der Waals surface area contributed by atoms with Crippen molar-refractivity contribution in [2.24, 2.45) is 0 Å². The van der Waals surface area contributed by atoms with Crippen molar-refractivity contribution in [2.75, 3.05) is 25.2 Å². The first kappa shape index (κ1) is 12.3. The number of nitrogens with zero attached hydrogens (tertiary/aromatic N) is 2. The van der Waals surface area contributed by atoms with Gasteiger partial charge in [-0.2, -0.15) is 0 Å². The fourth-order valence-corrected chi connectivity index (χ4v) is 1.89. The summed E-state index contributed by atoms with van der Waals surface area (Å²) in [6, 6.07) is 1.79. The number of aromatic nitrogens is 1. The molecule has 1 aliphatic carbocycles. The molecule has 0 radical (unpaired) electrons. The Morgan fingerprint density at radius 3 is 2.94 bits per heavy atom. The van der Waals surface area contributed by atoms with Gasteiger partial charge in [-0.25, -0.2) is 9.37 Å². The van der Waals surface area contributed by atoms with Gasteiger partial charge in [0.2, 0.25) is 0 Å². The SMILES string of the molecule is COCCN(c1ncc(F)cc1CO)C1CC1. The van der Waals surface area contributed by atoms with Crippen molar-refractivity contribution in [3.8, 4) is 0 Å². The van der Waals surface area contributed by atoms with Crippen LogP contribution in [0.2, 0.25) is 0 Å². The van der Waals surface area contributed by atoms with E-state index in [0.29, 0.717) is 30.6 Å². The van der Waals surface area contributed by atoms with Crippen LogP contribution in [0.1, 0.15) is 18.4 Å². The van der Waals surface area contributed by atoms with Crippen LogP contribution in [-0.4, -0.2) is 36.4 Å². The lowest BCUT2D eigenvalue weighted by Gasteiger charge is -2.25. The first-order valence-corrected chi connectivity index (χ1v) is 5.77. The van der Waals surface area contributed by atoms with Gasteiger partial charge >= 0.3 is 0 Å². The number of aliphatic hydroxyl groups is 1. The second-order valence-corrected chi connectivity index (χ2v) is 4.21. The Kier molecular flexibility index (Phi) is 3.91. The minimum Gasteiger partial charge on any atom is -0.392 e. The first-order chi connectivity index (χ1) is 8.26. The molecule has 1 aromatic rings. The molecule has 0 unspecified atom stereocenters. The number of halogens is 1. The van der Waals surface area contributed by atoms with E-state index >= 15 is 0 Å². The van der Waals surface area contributed by atoms with Crippen LogP contribution in [0.3, 0.4) is 0 Å². The fraction of sp³-hybridized carbons (Fsp3) is 0.583. The average Bonchev–Trinajstić information content (AvgIpc) is 3.15. The van der Waals surface area contributed by atoms with Gasteiger partial charge in [-0.3, -0.25) is 0 Å². The summed E-state index contributed by atoms with van der Waals surface area (Å²) in [6.45, 7) is 1.11. The molecule has 17 heavy (non-hydrogen) atoms. The summed E-state index contributed by atoms with van der Waals surface area (Å²) in [6.07, 6.45) is 3.43. The van der Waals surface area contributed by atoms with Crippen LogP contribution >= 0.6 is 0 Å². The van der Waals surface area contributed by atoms with Crippen LogP contribution in [0.15, 0.2) is 12.3 Å². The third-order valence-corrected chi connectivity index (χ3v) is 2.88. The number of ether oxygens (including phenoxy) is 1. The molecule has 94 valence electrons. The predicted octanol–water partition coefficient (Wildman–Crippen LogP) is 1.33. The Morgan fingerprint density at radius 1 is 1.59 bits per heavy atom. The lowest BCUT2D eigenvalue weighted by molar-refractivity contribution is 0.204. The largest absolute Gasteiger partial charge is 0.392 e. The van der Waals surface area contributed by atoms with Crippen LogP contribution in [0.25, 0.3) is 0 Å². The average molecular weight is 240 g/mol. The van der Waals surface area contributed by atoms with Gasteiger partial charge in [0.1, 0.15) is 11.6 Å². The molecule has 1 fully saturated rings. The van der Waals surface area contributed by atoms with E-state index in [9.17, 15) is 9.50 Å². The normalized spacial score (nSPS) is 15.0. The van der Waals surface area contributed by atoms with Gasteiger partial charge in [-0.1, -0.05) is 0 Å². The molecule has 1 heterocycles. The highest BCUT2D eigenvalue weighted by molar-refractivity contribution is 5.48. The molecule has 0 atom stereocenters. The Labute approximate surface area is 100 Å². The summed E-state index contributed by atoms with van der Waals surface area (Å²) in [5, 5.41) is 9.25. The Morgan fingerprint density at radius 2 is 2.35 bits per heavy atom. The van der Waals surface area contributed by atoms with Crippen molar-refractivity contribution in [3.63, 3.8) is 0 Å². The van der Waals surface area contributed by atoms with Crippen molar-refractivity contribution >= 4 is 5.82 Å². The predicted molar refractivity (Wildman–Crippen MR) is 62.4 cm³/mol. The van der Waals surface area contributed by atoms with Gasteiger partial charge in [0.25, 0.3) is 0 Å². The van der Waals surface area contributed by atoms with E-state index in [2.05, 4.69) is 9.88 Å². The van der Waals surface area contributed by atoms with E-state index in [4.69, 9.17) is 4.74 Å². The number of hydrogen-bond acceptors (Lipinski definition) is 4. The molecular weight excluding hydrogens is 223 g/mol. The van der Waals surface area contributed by atoms with Gasteiger partial charge in [-0.05, 0) is 18.9 Å². The lowest BCUT2D eigenvalue weighted by Crippen LogP contribution is -2.31. The van der Waals surface area contributed by atoms with Crippen molar-refractivity contribution in [1.29, 1.82) is 0 Å². The zero-order valence-electron chi connectivity index (χ0n) is 9.90. The second kappa shape index (κ2) is 5.42. The van der Waals surface area contributed by atoms with Crippen molar-refractivity contribution in [2.45, 2.75) is 25.5 Å². The Bertz CT molecular complexity index is 383. The molecule has 1 saturated carbocycles. The quantitative estimate of drug-likeness (QED) is 0.814. The number of aliphatic hydroxyl groups excluding tert-OH is 1. The van der Waals surface area contributed by atoms with E-state index in [1.807, 2.05) is 0 Å². The molecule has 1 aromatic heterocycles. The maximum absolute atomic E-state index is 13.0. The maximum Gasteiger partial charge on any atom is 0.142 e. The molecule has 0 aliphatic heterocycles. The van der Waals surface area contributed by atoms with E-state index in [0.717, 1.165) is 12.8 Å². The molecule has 0 spiro atoms. The molecule has 0 saturated heterocycles. The topological polar surface area (TPSA) is 45.6 Å². The molecule has 0 amide bonds. The van der Waals surface area contributed by atoms with Gasteiger partial charge in [0.05, 0.1) is 19.4 Å². The zero-order chi connectivity index (χ0) is 12.3. The summed E-state index contributed by atoms with van der Waals surface area (Å²) >= 11 is 0. The summed E-state index contributed by atoms with van der Waals surface area (Å²) in [7, 11) is 1.65. The van der Waals surface area contributed by atoms with Crippen LogP contribution in [0.4, 0.5) is 10.2 Å². The Hall–Kier alpha value is -1.20. The van der Waals surface area contributed by atoms with Crippen molar-refractivity contribution in [1.82, 2.24) is 4.98 Å². The highest BCUT2D eigenvalue weighted by Gasteiger charge is 2.31. The first-order valence-electron chi connectivity index (χ1n) is 5.77. The van der Waals surface area contributed by atoms with E-state index in [-0.39, 0.29) is 6.61 Å². The van der Waals surface area contributed by atoms with Gasteiger partial charge in [0, 0.05) is 25.3 Å². The summed E-state index contributed by atoms with van der Waals surface area (Å²) in [5.41, 5.74) is 0.535. The highest BCUT2D eigenvalue weighted by atomic mass is 19.1. The van der Waals surface area contributed by atoms with Crippen molar-refractivity contribution < 1.29 is 14.2 Å². The molecule has 0 bridgehead atoms. The lowest BCUT2D eigenvalue weighted by atomic mass is 10.2. The Balaban J connectivity index is 2.21. The van der Waals surface area contributed by atoms with Crippen molar-refractivity contribution in [3.05, 3.63) is 23.6 Å². The third kappa shape index (κ3) is 2.92. The number of hydrogen-bond donors (Lipinski definition) is 1. The number of anilines is 1. The number of methoxy groups -OCH3 is 1. The van der Waals surface area contributed by atoms with E-state index in [1.165, 1.54) is 12.3 Å². The fourth-order valence-electron chi connectivity index (χ4n) is 1.89. The highest BCUT2D eigenvalue weighted by Crippen LogP contribution is 2.32. The van der Waals surface area contributed by atoms with Crippen LogP contribution in [0, 0.1) is 5.82 Å². The van der Waals surface area contributed by atoms with E-state index < -0.39 is 5.82 Å². The molecule has 0 aromatic carbocycles. The molecular formula is C12H17FN2O2. The minimum atomic E-state index is -0.416. The van der Waals surface area contributed by atoms with E-state index in [1.54, 1.807) is 7.11 Å². The summed E-state index contributed by atoms with van der Waals surface area (Å²) in [5.74, 6) is 0.258. The smallest absolute Gasteiger partial charge is 0.142 e. The zero-order valence-corrected chi connectivity index (χ0v) is 9.90. The van der Waals surface area contributed by atoms with Gasteiger partial charge in [0.15, 0.2) is 0 Å². The standard InChI is InChI=1S/C12H17FN2O2/c1-17-5-4-15(11-2-3-11)12-9(8-16)6-10(13)7-14-12/h6-7,11,16H,2-5,8H2,1H3. The molecule has 1 aliphatic rings. The van der Waals surface area contributed by atoms with Crippen LogP contribution in [-0.2, 0) is 11.3 Å². The van der Waals surface area contributed by atoms with Gasteiger partial charge in [-0.15, -0.1) is 0 Å². The second-order valence-electron chi connectivity index (χ2n) is 4.21. The van der Waals surface area contributed by atoms with Gasteiger partial charge < -0.3 is 14.7 Å². The molecule has 1 N–H and O–H groups in total. The number of pyridine rings is 1. The van der Waals surface area contributed by atoms with Crippen LogP contribution < -0.4 is 4.90 Å².